The number of rotatable bonds is 7. The molecule has 1 unspecified atom stereocenters. The fourth-order valence-corrected chi connectivity index (χ4v) is 4.88. The summed E-state index contributed by atoms with van der Waals surface area (Å²) >= 11 is 18.2. The molecule has 0 spiro atoms. The highest BCUT2D eigenvalue weighted by atomic mass is 35.5. The zero-order valence-electron chi connectivity index (χ0n) is 14.4. The molecule has 2 aromatic carbocycles. The summed E-state index contributed by atoms with van der Waals surface area (Å²) in [5.74, 6) is 0. The molecule has 142 valence electrons. The van der Waals surface area contributed by atoms with Crippen LogP contribution in [0.4, 0.5) is 5.69 Å². The summed E-state index contributed by atoms with van der Waals surface area (Å²) in [6.07, 6.45) is 0.299. The van der Waals surface area contributed by atoms with Gasteiger partial charge >= 0.3 is 0 Å². The van der Waals surface area contributed by atoms with Crippen LogP contribution in [0.2, 0.25) is 15.1 Å². The van der Waals surface area contributed by atoms with Crippen LogP contribution in [0.25, 0.3) is 0 Å². The van der Waals surface area contributed by atoms with Crippen LogP contribution < -0.4 is 4.31 Å². The minimum absolute atomic E-state index is 0.0495. The fourth-order valence-electron chi connectivity index (χ4n) is 2.64. The summed E-state index contributed by atoms with van der Waals surface area (Å²) in [7, 11) is -4.00. The number of hydrogen-bond donors (Lipinski definition) is 1. The number of sulfonamides is 1. The van der Waals surface area contributed by atoms with Gasteiger partial charge in [0.2, 0.25) is 0 Å². The number of benzene rings is 2. The quantitative estimate of drug-likeness (QED) is 0.633. The second kappa shape index (κ2) is 8.81. The first kappa shape index (κ1) is 21.3. The van der Waals surface area contributed by atoms with E-state index in [9.17, 15) is 13.5 Å². The van der Waals surface area contributed by atoms with Crippen LogP contribution in [0.5, 0.6) is 0 Å². The van der Waals surface area contributed by atoms with Gasteiger partial charge in [-0.15, -0.1) is 0 Å². The molecule has 0 amide bonds. The molecule has 2 aromatic rings. The van der Waals surface area contributed by atoms with E-state index in [1.807, 2.05) is 6.92 Å². The monoisotopic (exact) mass is 435 g/mol. The summed E-state index contributed by atoms with van der Waals surface area (Å²) in [6, 6.07) is 9.68. The lowest BCUT2D eigenvalue weighted by atomic mass is 10.1. The summed E-state index contributed by atoms with van der Waals surface area (Å²) in [5.41, 5.74) is 0.219. The lowest BCUT2D eigenvalue weighted by Gasteiger charge is -2.34. The number of halogens is 3. The van der Waals surface area contributed by atoms with Gasteiger partial charge in [-0.2, -0.15) is 0 Å². The molecule has 2 rings (SSSR count). The maximum Gasteiger partial charge on any atom is 0.264 e. The summed E-state index contributed by atoms with van der Waals surface area (Å²) in [4.78, 5) is 0.0495. The molecule has 26 heavy (non-hydrogen) atoms. The Morgan fingerprint density at radius 2 is 1.62 bits per heavy atom. The molecule has 0 aromatic heterocycles. The predicted octanol–water partition coefficient (Wildman–Crippen LogP) is 5.39. The molecule has 0 saturated heterocycles. The Hall–Kier alpha value is -0.980. The van der Waals surface area contributed by atoms with Crippen LogP contribution in [-0.4, -0.2) is 25.7 Å². The van der Waals surface area contributed by atoms with Gasteiger partial charge in [0, 0.05) is 10.0 Å². The van der Waals surface area contributed by atoms with Crippen LogP contribution in [0, 0.1) is 0 Å². The van der Waals surface area contributed by atoms with E-state index in [0.717, 1.165) is 4.31 Å². The van der Waals surface area contributed by atoms with Crippen molar-refractivity contribution in [2.24, 2.45) is 0 Å². The molecule has 0 radical (unpaired) electrons. The average molecular weight is 437 g/mol. The Morgan fingerprint density at radius 3 is 2.19 bits per heavy atom. The van der Waals surface area contributed by atoms with E-state index in [1.54, 1.807) is 13.0 Å². The molecule has 0 aliphatic rings. The van der Waals surface area contributed by atoms with Crippen molar-refractivity contribution < 1.29 is 13.5 Å². The first-order chi connectivity index (χ1) is 12.2. The number of hydrogen-bond acceptors (Lipinski definition) is 3. The fraction of sp³-hybridized carbons (Fsp3) is 0.333. The number of aliphatic hydroxyl groups is 1. The Labute approximate surface area is 169 Å². The van der Waals surface area contributed by atoms with Crippen molar-refractivity contribution in [3.63, 3.8) is 0 Å². The number of anilines is 1. The van der Waals surface area contributed by atoms with Gasteiger partial charge in [0.25, 0.3) is 10.0 Å². The van der Waals surface area contributed by atoms with Gasteiger partial charge in [-0.25, -0.2) is 8.42 Å². The maximum atomic E-state index is 13.3. The van der Waals surface area contributed by atoms with Crippen molar-refractivity contribution in [3.05, 3.63) is 57.5 Å². The lowest BCUT2D eigenvalue weighted by molar-refractivity contribution is 0.142. The molecule has 0 fully saturated rings. The average Bonchev–Trinajstić information content (AvgIpc) is 2.58. The van der Waals surface area contributed by atoms with E-state index >= 15 is 0 Å². The molecule has 0 saturated carbocycles. The molecule has 4 nitrogen and oxygen atoms in total. The van der Waals surface area contributed by atoms with E-state index in [0.29, 0.717) is 22.9 Å². The van der Waals surface area contributed by atoms with Crippen LogP contribution >= 0.6 is 34.8 Å². The SMILES string of the molecule is CCCC(O)[C@@H](C)N(c1cc(Cl)ccc1Cl)S(=O)(=O)c1ccc(Cl)cc1. The van der Waals surface area contributed by atoms with Crippen LogP contribution in [0.15, 0.2) is 47.4 Å². The molecule has 0 aliphatic carbocycles. The first-order valence-electron chi connectivity index (χ1n) is 8.11. The molecular weight excluding hydrogens is 417 g/mol. The Morgan fingerprint density at radius 1 is 1.04 bits per heavy atom. The Bertz CT molecular complexity index is 856. The second-order valence-corrected chi connectivity index (χ2v) is 9.04. The molecular formula is C18H20Cl3NO3S. The van der Waals surface area contributed by atoms with Gasteiger partial charge in [-0.1, -0.05) is 48.1 Å². The molecule has 0 bridgehead atoms. The number of nitrogens with zero attached hydrogens (tertiary/aromatic N) is 1. The highest BCUT2D eigenvalue weighted by Gasteiger charge is 2.34. The Balaban J connectivity index is 2.63. The first-order valence-corrected chi connectivity index (χ1v) is 10.7. The predicted molar refractivity (Wildman–Crippen MR) is 108 cm³/mol. The minimum Gasteiger partial charge on any atom is -0.391 e. The molecule has 1 N–H and O–H groups in total. The van der Waals surface area contributed by atoms with Gasteiger partial charge in [-0.3, -0.25) is 4.31 Å². The third-order valence-electron chi connectivity index (χ3n) is 4.03. The molecule has 8 heteroatoms. The Kier molecular flexibility index (Phi) is 7.22. The van der Waals surface area contributed by atoms with Crippen molar-refractivity contribution in [2.45, 2.75) is 43.7 Å². The number of aliphatic hydroxyl groups excluding tert-OH is 1. The third-order valence-corrected chi connectivity index (χ3v) is 6.75. The maximum absolute atomic E-state index is 13.3. The van der Waals surface area contributed by atoms with Crippen LogP contribution in [0.3, 0.4) is 0 Å². The topological polar surface area (TPSA) is 57.6 Å². The van der Waals surface area contributed by atoms with Crippen molar-refractivity contribution >= 4 is 50.5 Å². The third kappa shape index (κ3) is 4.65. The standard InChI is InChI=1S/C18H20Cl3NO3S/c1-3-4-18(23)12(2)22(17-11-14(20)7-10-16(17)21)26(24,25)15-8-5-13(19)6-9-15/h5-12,18,23H,3-4H2,1-2H3/t12-,18?/m1/s1. The van der Waals surface area contributed by atoms with E-state index in [-0.39, 0.29) is 15.6 Å². The molecule has 2 atom stereocenters. The van der Waals surface area contributed by atoms with Crippen molar-refractivity contribution in [1.82, 2.24) is 0 Å². The van der Waals surface area contributed by atoms with E-state index in [2.05, 4.69) is 0 Å². The van der Waals surface area contributed by atoms with E-state index in [4.69, 9.17) is 34.8 Å². The summed E-state index contributed by atoms with van der Waals surface area (Å²) < 4.78 is 27.8. The second-order valence-electron chi connectivity index (χ2n) is 5.95. The normalized spacial score (nSPS) is 14.1. The summed E-state index contributed by atoms with van der Waals surface area (Å²) in [6.45, 7) is 3.56. The van der Waals surface area contributed by atoms with E-state index < -0.39 is 22.2 Å². The van der Waals surface area contributed by atoms with Crippen molar-refractivity contribution in [1.29, 1.82) is 0 Å². The van der Waals surface area contributed by atoms with Gasteiger partial charge in [0.05, 0.1) is 27.8 Å². The zero-order chi connectivity index (χ0) is 19.5. The zero-order valence-corrected chi connectivity index (χ0v) is 17.4. The molecule has 0 aliphatic heterocycles. The van der Waals surface area contributed by atoms with E-state index in [1.165, 1.54) is 36.4 Å². The summed E-state index contributed by atoms with van der Waals surface area (Å²) in [5, 5.41) is 11.5. The smallest absolute Gasteiger partial charge is 0.264 e. The van der Waals surface area contributed by atoms with Crippen molar-refractivity contribution in [2.75, 3.05) is 4.31 Å². The van der Waals surface area contributed by atoms with Gasteiger partial charge in [0.1, 0.15) is 0 Å². The largest absolute Gasteiger partial charge is 0.391 e. The van der Waals surface area contributed by atoms with Gasteiger partial charge < -0.3 is 5.11 Å². The molecule has 0 heterocycles. The highest BCUT2D eigenvalue weighted by Crippen LogP contribution is 2.35. The minimum atomic E-state index is -4.00. The van der Waals surface area contributed by atoms with Gasteiger partial charge in [0.15, 0.2) is 0 Å². The van der Waals surface area contributed by atoms with Crippen LogP contribution in [0.1, 0.15) is 26.7 Å². The highest BCUT2D eigenvalue weighted by molar-refractivity contribution is 7.92. The lowest BCUT2D eigenvalue weighted by Crippen LogP contribution is -2.45. The van der Waals surface area contributed by atoms with Gasteiger partial charge in [-0.05, 0) is 55.8 Å². The van der Waals surface area contributed by atoms with Crippen molar-refractivity contribution in [3.8, 4) is 0 Å². The van der Waals surface area contributed by atoms with Crippen LogP contribution in [-0.2, 0) is 10.0 Å².